The van der Waals surface area contributed by atoms with Gasteiger partial charge in [-0.25, -0.2) is 4.68 Å². The van der Waals surface area contributed by atoms with Gasteiger partial charge in [0.15, 0.2) is 11.5 Å². The number of tetrazole rings is 1. The highest BCUT2D eigenvalue weighted by molar-refractivity contribution is 7.99. The van der Waals surface area contributed by atoms with Crippen LogP contribution in [-0.4, -0.2) is 37.7 Å². The van der Waals surface area contributed by atoms with Gasteiger partial charge in [-0.15, -0.1) is 5.10 Å². The van der Waals surface area contributed by atoms with Crippen molar-refractivity contribution in [1.82, 2.24) is 20.2 Å². The van der Waals surface area contributed by atoms with E-state index in [4.69, 9.17) is 9.47 Å². The van der Waals surface area contributed by atoms with Crippen LogP contribution in [0.15, 0.2) is 23.4 Å². The largest absolute Gasteiger partial charge is 0.448 e. The highest BCUT2D eigenvalue weighted by atomic mass is 32.2. The lowest BCUT2D eigenvalue weighted by atomic mass is 9.96. The molecule has 2 aromatic rings. The molecule has 1 spiro atoms. The maximum absolute atomic E-state index is 12.5. The topological polar surface area (TPSA) is 91.2 Å². The Morgan fingerprint density at radius 2 is 1.93 bits per heavy atom. The minimum absolute atomic E-state index is 0.0948. The maximum Gasteiger partial charge on any atom is 0.251 e. The molecular weight excluding hydrogens is 390 g/mol. The van der Waals surface area contributed by atoms with Gasteiger partial charge in [0.1, 0.15) is 0 Å². The second-order valence-corrected chi connectivity index (χ2v) is 8.96. The number of fused-ring (bicyclic) bond motifs is 1. The van der Waals surface area contributed by atoms with Gasteiger partial charge in [0.25, 0.3) is 5.79 Å². The SMILES string of the molecule is O=C(CSc1nnnn1C1CCCCC1)Nc1ccc2c(c1)OC1(CCCC1)O2. The first-order chi connectivity index (χ1) is 14.2. The number of carbonyl (C=O) groups excluding carboxylic acids is 1. The molecule has 1 N–H and O–H groups in total. The first-order valence-corrected chi connectivity index (χ1v) is 11.4. The van der Waals surface area contributed by atoms with Gasteiger partial charge in [-0.1, -0.05) is 31.0 Å². The molecule has 154 valence electrons. The molecule has 2 fully saturated rings. The van der Waals surface area contributed by atoms with Crippen molar-refractivity contribution in [3.63, 3.8) is 0 Å². The molecule has 0 saturated heterocycles. The molecule has 29 heavy (non-hydrogen) atoms. The standard InChI is InChI=1S/C20H25N5O3S/c26-18(13-29-19-22-23-24-25(19)15-6-2-1-3-7-15)21-14-8-9-16-17(12-14)28-20(27-16)10-4-5-11-20/h8-9,12,15H,1-7,10-11,13H2,(H,21,26). The minimum Gasteiger partial charge on any atom is -0.448 e. The quantitative estimate of drug-likeness (QED) is 0.739. The van der Waals surface area contributed by atoms with E-state index in [1.807, 2.05) is 22.9 Å². The molecule has 2 heterocycles. The molecule has 2 aliphatic carbocycles. The summed E-state index contributed by atoms with van der Waals surface area (Å²) < 4.78 is 14.0. The Bertz CT molecular complexity index is 890. The number of amides is 1. The molecular formula is C20H25N5O3S. The zero-order chi connectivity index (χ0) is 19.7. The summed E-state index contributed by atoms with van der Waals surface area (Å²) in [7, 11) is 0. The van der Waals surface area contributed by atoms with Crippen LogP contribution < -0.4 is 14.8 Å². The zero-order valence-corrected chi connectivity index (χ0v) is 17.1. The third-order valence-electron chi connectivity index (χ3n) is 5.90. The van der Waals surface area contributed by atoms with Crippen molar-refractivity contribution in [3.05, 3.63) is 18.2 Å². The van der Waals surface area contributed by atoms with Crippen molar-refractivity contribution in [2.45, 2.75) is 74.8 Å². The van der Waals surface area contributed by atoms with Gasteiger partial charge < -0.3 is 14.8 Å². The summed E-state index contributed by atoms with van der Waals surface area (Å²) in [5.41, 5.74) is 0.708. The molecule has 5 rings (SSSR count). The summed E-state index contributed by atoms with van der Waals surface area (Å²) in [6, 6.07) is 5.91. The summed E-state index contributed by atoms with van der Waals surface area (Å²) in [4.78, 5) is 12.5. The molecule has 1 amide bonds. The van der Waals surface area contributed by atoms with Crippen LogP contribution in [0.2, 0.25) is 0 Å². The Hall–Kier alpha value is -2.29. The van der Waals surface area contributed by atoms with E-state index in [9.17, 15) is 4.79 Å². The number of nitrogens with one attached hydrogen (secondary N) is 1. The van der Waals surface area contributed by atoms with Crippen LogP contribution in [0.5, 0.6) is 11.5 Å². The summed E-state index contributed by atoms with van der Waals surface area (Å²) >= 11 is 1.37. The Balaban J connectivity index is 1.18. The summed E-state index contributed by atoms with van der Waals surface area (Å²) in [6.07, 6.45) is 9.96. The number of aromatic nitrogens is 4. The summed E-state index contributed by atoms with van der Waals surface area (Å²) in [5.74, 6) is 1.13. The van der Waals surface area contributed by atoms with Crippen molar-refractivity contribution < 1.29 is 14.3 Å². The number of thioether (sulfide) groups is 1. The fraction of sp³-hybridized carbons (Fsp3) is 0.600. The maximum atomic E-state index is 12.5. The Morgan fingerprint density at radius 3 is 2.76 bits per heavy atom. The average Bonchev–Trinajstić information content (AvgIpc) is 3.46. The van der Waals surface area contributed by atoms with Gasteiger partial charge in [0.05, 0.1) is 11.8 Å². The zero-order valence-electron chi connectivity index (χ0n) is 16.3. The predicted octanol–water partition coefficient (Wildman–Crippen LogP) is 3.95. The number of rotatable bonds is 5. The van der Waals surface area contributed by atoms with Gasteiger partial charge >= 0.3 is 0 Å². The molecule has 0 radical (unpaired) electrons. The number of benzene rings is 1. The third kappa shape index (κ3) is 3.92. The highest BCUT2D eigenvalue weighted by Crippen LogP contribution is 2.47. The molecule has 3 aliphatic rings. The van der Waals surface area contributed by atoms with E-state index in [1.165, 1.54) is 31.0 Å². The van der Waals surface area contributed by atoms with Gasteiger partial charge in [-0.05, 0) is 48.2 Å². The Morgan fingerprint density at radius 1 is 1.14 bits per heavy atom. The van der Waals surface area contributed by atoms with Gasteiger partial charge in [0, 0.05) is 24.6 Å². The minimum atomic E-state index is -0.489. The van der Waals surface area contributed by atoms with Crippen LogP contribution in [0, 0.1) is 0 Å². The van der Waals surface area contributed by atoms with Crippen LogP contribution in [0.25, 0.3) is 0 Å². The number of hydrogen-bond donors (Lipinski definition) is 1. The van der Waals surface area contributed by atoms with Gasteiger partial charge in [-0.2, -0.15) is 0 Å². The van der Waals surface area contributed by atoms with Crippen molar-refractivity contribution in [2.75, 3.05) is 11.1 Å². The van der Waals surface area contributed by atoms with E-state index in [-0.39, 0.29) is 11.7 Å². The van der Waals surface area contributed by atoms with Gasteiger partial charge in [-0.3, -0.25) is 4.79 Å². The van der Waals surface area contributed by atoms with Crippen LogP contribution in [-0.2, 0) is 4.79 Å². The second-order valence-electron chi connectivity index (χ2n) is 8.02. The van der Waals surface area contributed by atoms with E-state index in [1.54, 1.807) is 0 Å². The number of carbonyl (C=O) groups is 1. The second kappa shape index (κ2) is 7.85. The monoisotopic (exact) mass is 415 g/mol. The van der Waals surface area contributed by atoms with E-state index in [2.05, 4.69) is 20.8 Å². The molecule has 1 aromatic carbocycles. The van der Waals surface area contributed by atoms with Crippen molar-refractivity contribution in [3.8, 4) is 11.5 Å². The number of ether oxygens (including phenoxy) is 2. The molecule has 1 aliphatic heterocycles. The lowest BCUT2D eigenvalue weighted by Crippen LogP contribution is -2.34. The smallest absolute Gasteiger partial charge is 0.251 e. The van der Waals surface area contributed by atoms with E-state index < -0.39 is 5.79 Å². The lowest BCUT2D eigenvalue weighted by Gasteiger charge is -2.21. The number of anilines is 1. The summed E-state index contributed by atoms with van der Waals surface area (Å²) in [5, 5.41) is 15.7. The predicted molar refractivity (Wildman–Crippen MR) is 108 cm³/mol. The molecule has 9 heteroatoms. The first kappa shape index (κ1) is 18.7. The van der Waals surface area contributed by atoms with Crippen molar-refractivity contribution in [1.29, 1.82) is 0 Å². The highest BCUT2D eigenvalue weighted by Gasteiger charge is 2.44. The van der Waals surface area contributed by atoms with Crippen LogP contribution in [0.1, 0.15) is 63.8 Å². The normalized spacial score (nSPS) is 20.3. The molecule has 0 bridgehead atoms. The van der Waals surface area contributed by atoms with Crippen LogP contribution >= 0.6 is 11.8 Å². The molecule has 8 nitrogen and oxygen atoms in total. The number of nitrogens with zero attached hydrogens (tertiary/aromatic N) is 4. The average molecular weight is 416 g/mol. The van der Waals surface area contributed by atoms with E-state index in [0.29, 0.717) is 22.6 Å². The van der Waals surface area contributed by atoms with E-state index in [0.717, 1.165) is 44.3 Å². The fourth-order valence-electron chi connectivity index (χ4n) is 4.45. The lowest BCUT2D eigenvalue weighted by molar-refractivity contribution is -0.113. The van der Waals surface area contributed by atoms with Gasteiger partial charge in [0.2, 0.25) is 11.1 Å². The number of hydrogen-bond acceptors (Lipinski definition) is 7. The molecule has 0 unspecified atom stereocenters. The Labute approximate surface area is 173 Å². The third-order valence-corrected chi connectivity index (χ3v) is 6.83. The van der Waals surface area contributed by atoms with Crippen molar-refractivity contribution in [2.24, 2.45) is 0 Å². The molecule has 1 aromatic heterocycles. The van der Waals surface area contributed by atoms with Crippen LogP contribution in [0.3, 0.4) is 0 Å². The fourth-order valence-corrected chi connectivity index (χ4v) is 5.20. The molecule has 0 atom stereocenters. The first-order valence-electron chi connectivity index (χ1n) is 10.4. The van der Waals surface area contributed by atoms with Crippen molar-refractivity contribution >= 4 is 23.4 Å². The van der Waals surface area contributed by atoms with E-state index >= 15 is 0 Å². The Kier molecular flexibility index (Phi) is 5.07. The van der Waals surface area contributed by atoms with Crippen LogP contribution in [0.4, 0.5) is 5.69 Å². The summed E-state index contributed by atoms with van der Waals surface area (Å²) in [6.45, 7) is 0. The molecule has 2 saturated carbocycles.